The van der Waals surface area contributed by atoms with Crippen molar-refractivity contribution in [1.82, 2.24) is 4.98 Å². The molecule has 5 heteroatoms. The van der Waals surface area contributed by atoms with Gasteiger partial charge in [0.15, 0.2) is 0 Å². The molecule has 0 spiro atoms. The normalized spacial score (nSPS) is 11.8. The molecule has 0 saturated carbocycles. The molecule has 2 rings (SSSR count). The number of hydrogen-bond acceptors (Lipinski definition) is 3. The minimum absolute atomic E-state index is 0.157. The van der Waals surface area contributed by atoms with Gasteiger partial charge in [-0.3, -0.25) is 4.79 Å². The van der Waals surface area contributed by atoms with Gasteiger partial charge < -0.3 is 10.1 Å². The molecule has 0 saturated heterocycles. The number of rotatable bonds is 5. The highest BCUT2D eigenvalue weighted by Crippen LogP contribution is 2.16. The zero-order valence-electron chi connectivity index (χ0n) is 12.0. The Morgan fingerprint density at radius 3 is 2.57 bits per heavy atom. The highest BCUT2D eigenvalue weighted by Gasteiger charge is 2.07. The van der Waals surface area contributed by atoms with Gasteiger partial charge in [-0.05, 0) is 49.7 Å². The predicted molar refractivity (Wildman–Crippen MR) is 84.0 cm³/mol. The van der Waals surface area contributed by atoms with Crippen LogP contribution in [-0.4, -0.2) is 17.0 Å². The average Bonchev–Trinajstić information content (AvgIpc) is 2.50. The van der Waals surface area contributed by atoms with Gasteiger partial charge in [-0.1, -0.05) is 18.5 Å². The summed E-state index contributed by atoms with van der Waals surface area (Å²) in [5.41, 5.74) is 1.16. The fourth-order valence-electron chi connectivity index (χ4n) is 1.65. The lowest BCUT2D eigenvalue weighted by atomic mass is 10.2. The van der Waals surface area contributed by atoms with Crippen LogP contribution in [-0.2, 0) is 0 Å². The largest absolute Gasteiger partial charge is 0.491 e. The molecule has 0 radical (unpaired) electrons. The van der Waals surface area contributed by atoms with Crippen LogP contribution in [0, 0.1) is 0 Å². The van der Waals surface area contributed by atoms with E-state index in [2.05, 4.69) is 17.2 Å². The number of amides is 1. The molecule has 0 aliphatic heterocycles. The van der Waals surface area contributed by atoms with E-state index in [0.717, 1.165) is 12.2 Å². The molecule has 1 amide bonds. The van der Waals surface area contributed by atoms with Crippen molar-refractivity contribution in [2.75, 3.05) is 5.32 Å². The summed E-state index contributed by atoms with van der Waals surface area (Å²) in [4.78, 5) is 16.0. The smallest absolute Gasteiger partial charge is 0.255 e. The molecule has 0 bridgehead atoms. The molecule has 1 aromatic heterocycles. The van der Waals surface area contributed by atoms with Crippen LogP contribution < -0.4 is 10.1 Å². The maximum absolute atomic E-state index is 12.1. The second-order valence-electron chi connectivity index (χ2n) is 4.68. The maximum Gasteiger partial charge on any atom is 0.255 e. The Morgan fingerprint density at radius 2 is 2.00 bits per heavy atom. The Bertz CT molecular complexity index is 597. The molecule has 1 N–H and O–H groups in total. The number of carbonyl (C=O) groups excluding carboxylic acids is 1. The molecule has 21 heavy (non-hydrogen) atoms. The van der Waals surface area contributed by atoms with Crippen LogP contribution in [0.5, 0.6) is 5.75 Å². The highest BCUT2D eigenvalue weighted by molar-refractivity contribution is 6.29. The molecular weight excluding hydrogens is 288 g/mol. The molecule has 4 nitrogen and oxygen atoms in total. The van der Waals surface area contributed by atoms with Crippen LogP contribution in [0.15, 0.2) is 42.6 Å². The summed E-state index contributed by atoms with van der Waals surface area (Å²) in [6, 6.07) is 10.4. The fourth-order valence-corrected chi connectivity index (χ4v) is 1.77. The van der Waals surface area contributed by atoms with E-state index in [1.807, 2.05) is 6.92 Å². The number of hydrogen-bond donors (Lipinski definition) is 1. The number of halogens is 1. The molecule has 110 valence electrons. The van der Waals surface area contributed by atoms with E-state index < -0.39 is 0 Å². The van der Waals surface area contributed by atoms with E-state index in [0.29, 0.717) is 16.4 Å². The van der Waals surface area contributed by atoms with Gasteiger partial charge in [0.1, 0.15) is 10.9 Å². The zero-order valence-corrected chi connectivity index (χ0v) is 12.7. The minimum Gasteiger partial charge on any atom is -0.491 e. The summed E-state index contributed by atoms with van der Waals surface area (Å²) in [6.45, 7) is 4.07. The number of aromatic nitrogens is 1. The van der Waals surface area contributed by atoms with Gasteiger partial charge in [-0.25, -0.2) is 4.98 Å². The van der Waals surface area contributed by atoms with Gasteiger partial charge >= 0.3 is 0 Å². The van der Waals surface area contributed by atoms with E-state index in [-0.39, 0.29) is 12.0 Å². The first-order valence-electron chi connectivity index (χ1n) is 6.78. The monoisotopic (exact) mass is 304 g/mol. The molecular formula is C16H17ClN2O2. The zero-order chi connectivity index (χ0) is 15.2. The Hall–Kier alpha value is -2.07. The van der Waals surface area contributed by atoms with Crippen molar-refractivity contribution in [3.63, 3.8) is 0 Å². The molecule has 0 aliphatic carbocycles. The van der Waals surface area contributed by atoms with Crippen molar-refractivity contribution < 1.29 is 9.53 Å². The number of ether oxygens (including phenoxy) is 1. The third-order valence-corrected chi connectivity index (χ3v) is 3.24. The number of carbonyl (C=O) groups is 1. The lowest BCUT2D eigenvalue weighted by Gasteiger charge is -2.12. The van der Waals surface area contributed by atoms with Crippen LogP contribution in [0.2, 0.25) is 5.15 Å². The van der Waals surface area contributed by atoms with Crippen molar-refractivity contribution in [1.29, 1.82) is 0 Å². The van der Waals surface area contributed by atoms with Crippen LogP contribution in [0.1, 0.15) is 30.6 Å². The Kier molecular flexibility index (Phi) is 5.17. The topological polar surface area (TPSA) is 51.2 Å². The Balaban J connectivity index is 2.01. The maximum atomic E-state index is 12.1. The molecule has 1 aromatic carbocycles. The van der Waals surface area contributed by atoms with E-state index in [1.165, 1.54) is 6.20 Å². The second-order valence-corrected chi connectivity index (χ2v) is 5.07. The first-order valence-corrected chi connectivity index (χ1v) is 7.16. The summed E-state index contributed by atoms with van der Waals surface area (Å²) in [5, 5.41) is 3.14. The summed E-state index contributed by atoms with van der Waals surface area (Å²) in [7, 11) is 0. The lowest BCUT2D eigenvalue weighted by molar-refractivity contribution is 0.102. The number of nitrogens with zero attached hydrogens (tertiary/aromatic N) is 1. The summed E-state index contributed by atoms with van der Waals surface area (Å²) in [5.74, 6) is 0.559. The van der Waals surface area contributed by atoms with Gasteiger partial charge in [-0.2, -0.15) is 0 Å². The van der Waals surface area contributed by atoms with Crippen molar-refractivity contribution in [2.24, 2.45) is 0 Å². The van der Waals surface area contributed by atoms with Gasteiger partial charge in [-0.15, -0.1) is 0 Å². The molecule has 1 heterocycles. The third-order valence-electron chi connectivity index (χ3n) is 3.01. The van der Waals surface area contributed by atoms with Gasteiger partial charge in [0.2, 0.25) is 0 Å². The van der Waals surface area contributed by atoms with Gasteiger partial charge in [0.25, 0.3) is 5.91 Å². The summed E-state index contributed by atoms with van der Waals surface area (Å²) >= 11 is 5.70. The van der Waals surface area contributed by atoms with Crippen molar-refractivity contribution in [3.8, 4) is 5.75 Å². The highest BCUT2D eigenvalue weighted by atomic mass is 35.5. The standard InChI is InChI=1S/C16H17ClN2O2/c1-3-11(2)21-14-7-4-12(5-8-14)16(20)19-13-6-9-15(17)18-10-13/h4-11H,3H2,1-2H3,(H,19,20). The second kappa shape index (κ2) is 7.09. The van der Waals surface area contributed by atoms with Crippen LogP contribution in [0.25, 0.3) is 0 Å². The quantitative estimate of drug-likeness (QED) is 0.844. The van der Waals surface area contributed by atoms with Crippen molar-refractivity contribution >= 4 is 23.2 Å². The molecule has 0 fully saturated rings. The van der Waals surface area contributed by atoms with Crippen LogP contribution in [0.4, 0.5) is 5.69 Å². The van der Waals surface area contributed by atoms with E-state index in [9.17, 15) is 4.79 Å². The predicted octanol–water partition coefficient (Wildman–Crippen LogP) is 4.16. The number of anilines is 1. The molecule has 1 atom stereocenters. The Labute approximate surface area is 129 Å². The summed E-state index contributed by atoms with van der Waals surface area (Å²) in [6.07, 6.45) is 2.61. The van der Waals surface area contributed by atoms with E-state index >= 15 is 0 Å². The van der Waals surface area contributed by atoms with Gasteiger partial charge in [0.05, 0.1) is 18.0 Å². The summed E-state index contributed by atoms with van der Waals surface area (Å²) < 4.78 is 5.67. The average molecular weight is 305 g/mol. The van der Waals surface area contributed by atoms with Crippen LogP contribution >= 0.6 is 11.6 Å². The number of nitrogens with one attached hydrogen (secondary N) is 1. The number of benzene rings is 1. The molecule has 0 aliphatic rings. The van der Waals surface area contributed by atoms with E-state index in [4.69, 9.17) is 16.3 Å². The molecule has 2 aromatic rings. The Morgan fingerprint density at radius 1 is 1.29 bits per heavy atom. The first-order chi connectivity index (χ1) is 10.1. The molecule has 1 unspecified atom stereocenters. The van der Waals surface area contributed by atoms with Gasteiger partial charge in [0, 0.05) is 5.56 Å². The number of pyridine rings is 1. The van der Waals surface area contributed by atoms with Crippen molar-refractivity contribution in [2.45, 2.75) is 26.4 Å². The SMILES string of the molecule is CCC(C)Oc1ccc(C(=O)Nc2ccc(Cl)nc2)cc1. The first kappa shape index (κ1) is 15.3. The third kappa shape index (κ3) is 4.46. The fraction of sp³-hybridized carbons (Fsp3) is 0.250. The van der Waals surface area contributed by atoms with Crippen LogP contribution in [0.3, 0.4) is 0 Å². The lowest BCUT2D eigenvalue weighted by Crippen LogP contribution is -2.12. The van der Waals surface area contributed by atoms with E-state index in [1.54, 1.807) is 36.4 Å². The minimum atomic E-state index is -0.200. The van der Waals surface area contributed by atoms with Crippen molar-refractivity contribution in [3.05, 3.63) is 53.3 Å².